The van der Waals surface area contributed by atoms with Crippen molar-refractivity contribution in [3.63, 3.8) is 0 Å². The maximum absolute atomic E-state index is 12.3. The molecule has 0 radical (unpaired) electrons. The summed E-state index contributed by atoms with van der Waals surface area (Å²) in [6.07, 6.45) is -0.769. The Morgan fingerprint density at radius 1 is 1.09 bits per heavy atom. The maximum atomic E-state index is 12.3. The molecule has 0 saturated heterocycles. The lowest BCUT2D eigenvalue weighted by molar-refractivity contribution is -0.213. The van der Waals surface area contributed by atoms with Crippen LogP contribution in [0, 0.1) is 5.92 Å². The predicted molar refractivity (Wildman–Crippen MR) is 120 cm³/mol. The summed E-state index contributed by atoms with van der Waals surface area (Å²) in [4.78, 5) is 18.9. The van der Waals surface area contributed by atoms with Gasteiger partial charge in [-0.05, 0) is 18.1 Å². The summed E-state index contributed by atoms with van der Waals surface area (Å²) in [7, 11) is 3.72. The summed E-state index contributed by atoms with van der Waals surface area (Å²) in [5.41, 5.74) is 0.985. The van der Waals surface area contributed by atoms with Gasteiger partial charge in [0, 0.05) is 20.5 Å². The van der Waals surface area contributed by atoms with Crippen molar-refractivity contribution in [2.75, 3.05) is 14.1 Å². The monoisotopic (exact) mass is 438 g/mol. The molecule has 1 heterocycles. The molecule has 0 aromatic heterocycles. The molecule has 1 aliphatic carbocycles. The normalized spacial score (nSPS) is 29.0. The van der Waals surface area contributed by atoms with Crippen LogP contribution in [0.5, 0.6) is 0 Å². The fourth-order valence-electron chi connectivity index (χ4n) is 4.52. The van der Waals surface area contributed by atoms with E-state index in [2.05, 4.69) is 0 Å². The van der Waals surface area contributed by atoms with Crippen LogP contribution in [0.4, 0.5) is 0 Å². The lowest BCUT2D eigenvalue weighted by Crippen LogP contribution is -2.63. The Labute approximate surface area is 188 Å². The molecule has 7 nitrogen and oxygen atoms in total. The molecule has 2 aromatic carbocycles. The van der Waals surface area contributed by atoms with Crippen LogP contribution < -0.4 is 0 Å². The Hall–Kier alpha value is -2.90. The second kappa shape index (κ2) is 9.30. The quantitative estimate of drug-likeness (QED) is 0.714. The van der Waals surface area contributed by atoms with Gasteiger partial charge >= 0.3 is 5.97 Å². The summed E-state index contributed by atoms with van der Waals surface area (Å²) in [6.45, 7) is 2.52. The molecule has 0 amide bonds. The molecule has 2 aliphatic rings. The molecule has 1 fully saturated rings. The number of ether oxygens (including phenoxy) is 3. The van der Waals surface area contributed by atoms with Gasteiger partial charge in [0.25, 0.3) is 6.02 Å². The Bertz CT molecular complexity index is 949. The highest BCUT2D eigenvalue weighted by atomic mass is 16.6. The maximum Gasteiger partial charge on any atom is 0.309 e. The molecule has 32 heavy (non-hydrogen) atoms. The van der Waals surface area contributed by atoms with E-state index in [0.29, 0.717) is 25.7 Å². The molecule has 1 N–H and O–H groups in total. The van der Waals surface area contributed by atoms with Crippen molar-refractivity contribution < 1.29 is 24.1 Å². The Morgan fingerprint density at radius 2 is 1.69 bits per heavy atom. The van der Waals surface area contributed by atoms with Crippen molar-refractivity contribution in [1.82, 2.24) is 4.90 Å². The highest BCUT2D eigenvalue weighted by Gasteiger charge is 2.60. The molecule has 4 rings (SSSR count). The van der Waals surface area contributed by atoms with Crippen LogP contribution in [-0.4, -0.2) is 59.9 Å². The van der Waals surface area contributed by atoms with Crippen LogP contribution in [-0.2, 0) is 32.2 Å². The first-order chi connectivity index (χ1) is 15.4. The number of benzene rings is 2. The molecule has 1 saturated carbocycles. The van der Waals surface area contributed by atoms with Crippen LogP contribution in [0.1, 0.15) is 24.5 Å². The van der Waals surface area contributed by atoms with Crippen LogP contribution in [0.15, 0.2) is 65.7 Å². The molecular formula is C25H30N2O5. The van der Waals surface area contributed by atoms with E-state index < -0.39 is 23.6 Å². The lowest BCUT2D eigenvalue weighted by Gasteiger charge is -2.48. The Kier molecular flexibility index (Phi) is 6.48. The summed E-state index contributed by atoms with van der Waals surface area (Å²) in [5.74, 6) is -1.70. The van der Waals surface area contributed by atoms with Crippen LogP contribution in [0.3, 0.4) is 0 Å². The fourth-order valence-corrected chi connectivity index (χ4v) is 4.52. The third-order valence-corrected chi connectivity index (χ3v) is 6.23. The van der Waals surface area contributed by atoms with Gasteiger partial charge in [0.05, 0.1) is 19.1 Å². The third-order valence-electron chi connectivity index (χ3n) is 6.23. The van der Waals surface area contributed by atoms with Gasteiger partial charge in [-0.1, -0.05) is 60.7 Å². The molecular weight excluding hydrogens is 408 g/mol. The SMILES string of the molecule is CN(C)C1=N[C@H]2[C@H](C[C@H](C(=O)O)[C@@H](OCc3ccccc3)[C@]2(C)OCc2ccccc2)O1. The minimum Gasteiger partial charge on any atom is -0.481 e. The van der Waals surface area contributed by atoms with Gasteiger partial charge in [0.1, 0.15) is 23.9 Å². The van der Waals surface area contributed by atoms with Crippen molar-refractivity contribution in [3.05, 3.63) is 71.8 Å². The highest BCUT2D eigenvalue weighted by molar-refractivity contribution is 5.77. The van der Waals surface area contributed by atoms with E-state index in [4.69, 9.17) is 19.2 Å². The van der Waals surface area contributed by atoms with Gasteiger partial charge in [-0.25, -0.2) is 4.99 Å². The number of carbonyl (C=O) groups is 1. The zero-order chi connectivity index (χ0) is 22.7. The first-order valence-corrected chi connectivity index (χ1v) is 10.9. The van der Waals surface area contributed by atoms with E-state index in [1.54, 1.807) is 4.90 Å². The molecule has 0 spiro atoms. The smallest absolute Gasteiger partial charge is 0.309 e. The zero-order valence-corrected chi connectivity index (χ0v) is 18.7. The standard InChI is InChI=1S/C25H30N2O5/c1-25(31-16-18-12-8-5-9-13-18)21-20(32-24(26-21)27(2)3)14-19(23(28)29)22(25)30-15-17-10-6-4-7-11-17/h4-13,19-22H,14-16H2,1-3H3,(H,28,29)/t19-,20-,21-,22+,25+/m0/s1. The number of hydrogen-bond acceptors (Lipinski definition) is 6. The number of rotatable bonds is 7. The number of aliphatic carboxylic acids is 1. The average Bonchev–Trinajstić information content (AvgIpc) is 3.24. The van der Waals surface area contributed by atoms with Gasteiger partial charge in [0.2, 0.25) is 0 Å². The minimum atomic E-state index is -0.992. The minimum absolute atomic E-state index is 0.294. The summed E-state index contributed by atoms with van der Waals surface area (Å²) in [6, 6.07) is 19.7. The van der Waals surface area contributed by atoms with E-state index in [-0.39, 0.29) is 12.1 Å². The second-order valence-electron chi connectivity index (χ2n) is 8.76. The Morgan fingerprint density at radius 3 is 2.25 bits per heavy atom. The molecule has 1 aliphatic heterocycles. The van der Waals surface area contributed by atoms with E-state index in [1.165, 1.54) is 0 Å². The number of amidine groups is 1. The summed E-state index contributed by atoms with van der Waals surface area (Å²) >= 11 is 0. The van der Waals surface area contributed by atoms with Crippen molar-refractivity contribution in [3.8, 4) is 0 Å². The zero-order valence-electron chi connectivity index (χ0n) is 18.7. The summed E-state index contributed by atoms with van der Waals surface area (Å²) in [5, 5.41) is 10.1. The predicted octanol–water partition coefficient (Wildman–Crippen LogP) is 3.34. The number of aliphatic imine (C=N–C) groups is 1. The lowest BCUT2D eigenvalue weighted by atomic mass is 9.71. The number of fused-ring (bicyclic) bond motifs is 1. The number of hydrogen-bond donors (Lipinski definition) is 1. The summed E-state index contributed by atoms with van der Waals surface area (Å²) < 4.78 is 18.8. The van der Waals surface area contributed by atoms with Crippen LogP contribution >= 0.6 is 0 Å². The third kappa shape index (κ3) is 4.49. The molecule has 0 bridgehead atoms. The molecule has 0 unspecified atom stereocenters. The number of carboxylic acid groups (broad SMARTS) is 1. The first-order valence-electron chi connectivity index (χ1n) is 10.9. The van der Waals surface area contributed by atoms with Crippen molar-refractivity contribution in [2.45, 2.75) is 50.4 Å². The van der Waals surface area contributed by atoms with E-state index in [1.807, 2.05) is 81.7 Å². The second-order valence-corrected chi connectivity index (χ2v) is 8.76. The highest BCUT2D eigenvalue weighted by Crippen LogP contribution is 2.44. The number of nitrogens with zero attached hydrogens (tertiary/aromatic N) is 2. The van der Waals surface area contributed by atoms with E-state index in [0.717, 1.165) is 11.1 Å². The fraction of sp³-hybridized carbons (Fsp3) is 0.440. The van der Waals surface area contributed by atoms with Gasteiger partial charge in [0.15, 0.2) is 0 Å². The first kappa shape index (κ1) is 22.3. The van der Waals surface area contributed by atoms with Gasteiger partial charge in [-0.15, -0.1) is 0 Å². The van der Waals surface area contributed by atoms with Gasteiger partial charge in [-0.3, -0.25) is 4.79 Å². The number of carboxylic acids is 1. The average molecular weight is 439 g/mol. The van der Waals surface area contributed by atoms with Crippen molar-refractivity contribution in [2.24, 2.45) is 10.9 Å². The largest absolute Gasteiger partial charge is 0.481 e. The van der Waals surface area contributed by atoms with Gasteiger partial charge < -0.3 is 24.2 Å². The molecule has 5 atom stereocenters. The van der Waals surface area contributed by atoms with E-state index >= 15 is 0 Å². The van der Waals surface area contributed by atoms with Crippen molar-refractivity contribution >= 4 is 12.0 Å². The molecule has 7 heteroatoms. The molecule has 2 aromatic rings. The Balaban J connectivity index is 1.66. The van der Waals surface area contributed by atoms with Crippen molar-refractivity contribution in [1.29, 1.82) is 0 Å². The van der Waals surface area contributed by atoms with Gasteiger partial charge in [-0.2, -0.15) is 0 Å². The van der Waals surface area contributed by atoms with Crippen LogP contribution in [0.25, 0.3) is 0 Å². The van der Waals surface area contributed by atoms with Crippen LogP contribution in [0.2, 0.25) is 0 Å². The molecule has 170 valence electrons. The topological polar surface area (TPSA) is 80.6 Å². The van der Waals surface area contributed by atoms with E-state index in [9.17, 15) is 9.90 Å².